The first-order valence-electron chi connectivity index (χ1n) is 4.27. The minimum atomic E-state index is -2.68. The van der Waals surface area contributed by atoms with Crippen LogP contribution in [0.3, 0.4) is 0 Å². The molecular formula is C7H15NO3S. The van der Waals surface area contributed by atoms with E-state index in [0.717, 1.165) is 25.7 Å². The highest BCUT2D eigenvalue weighted by Crippen LogP contribution is 2.24. The third kappa shape index (κ3) is 3.08. The molecule has 0 heterocycles. The summed E-state index contributed by atoms with van der Waals surface area (Å²) in [5.41, 5.74) is -1.16. The molecule has 1 fully saturated rings. The molecule has 0 saturated heterocycles. The van der Waals surface area contributed by atoms with Crippen LogP contribution in [0.4, 0.5) is 0 Å². The second-order valence-corrected chi connectivity index (χ2v) is 4.05. The van der Waals surface area contributed by atoms with Crippen LogP contribution in [0.15, 0.2) is 0 Å². The third-order valence-corrected chi connectivity index (χ3v) is 2.83. The smallest absolute Gasteiger partial charge is 0.203 e. The summed E-state index contributed by atoms with van der Waals surface area (Å²) in [7, 11) is -2.68. The molecular weight excluding hydrogens is 178 g/mol. The summed E-state index contributed by atoms with van der Waals surface area (Å²) in [6.07, 6.45) is 5.03. The lowest BCUT2D eigenvalue weighted by Gasteiger charge is -2.24. The molecule has 1 saturated carbocycles. The number of nitrogens with one attached hydrogen (secondary N) is 1. The Balaban J connectivity index is 2.53. The minimum Gasteiger partial charge on any atom is -0.375 e. The fourth-order valence-electron chi connectivity index (χ4n) is 1.60. The first-order valence-corrected chi connectivity index (χ1v) is 5.45. The molecule has 4 nitrogen and oxygen atoms in total. The molecule has 1 aliphatic rings. The van der Waals surface area contributed by atoms with Crippen LogP contribution in [0.1, 0.15) is 38.5 Å². The molecule has 1 aliphatic carbocycles. The summed E-state index contributed by atoms with van der Waals surface area (Å²) in [6.45, 7) is 0. The molecule has 0 bridgehead atoms. The van der Waals surface area contributed by atoms with Crippen molar-refractivity contribution in [2.24, 2.45) is 0 Å². The van der Waals surface area contributed by atoms with Gasteiger partial charge in [-0.2, -0.15) is 4.72 Å². The predicted octanol–water partition coefficient (Wildman–Crippen LogP) is 0.145. The summed E-state index contributed by atoms with van der Waals surface area (Å²) in [6, 6.07) is 0. The summed E-state index contributed by atoms with van der Waals surface area (Å²) < 4.78 is 22.9. The lowest BCUT2D eigenvalue weighted by molar-refractivity contribution is 0.0147. The van der Waals surface area contributed by atoms with Gasteiger partial charge in [0.25, 0.3) is 0 Å². The monoisotopic (exact) mass is 193 g/mol. The van der Waals surface area contributed by atoms with Gasteiger partial charge in [-0.25, -0.2) is 8.42 Å². The summed E-state index contributed by atoms with van der Waals surface area (Å²) in [5.74, 6) is 0. The molecule has 72 valence electrons. The summed E-state index contributed by atoms with van der Waals surface area (Å²) in [5, 5.41) is 9.73. The van der Waals surface area contributed by atoms with Gasteiger partial charge in [0.1, 0.15) is 5.72 Å². The van der Waals surface area contributed by atoms with Gasteiger partial charge in [0, 0.05) is 0 Å². The second-order valence-electron chi connectivity index (χ2n) is 3.31. The Morgan fingerprint density at radius 3 is 2.00 bits per heavy atom. The van der Waals surface area contributed by atoms with Gasteiger partial charge in [0.05, 0.1) is 0 Å². The summed E-state index contributed by atoms with van der Waals surface area (Å²) in [4.78, 5) is 0. The fourth-order valence-corrected chi connectivity index (χ4v) is 2.16. The Morgan fingerprint density at radius 1 is 1.08 bits per heavy atom. The summed E-state index contributed by atoms with van der Waals surface area (Å²) >= 11 is 0. The van der Waals surface area contributed by atoms with Gasteiger partial charge in [-0.15, -0.1) is 0 Å². The predicted molar refractivity (Wildman–Crippen MR) is 46.1 cm³/mol. The lowest BCUT2D eigenvalue weighted by atomic mass is 10.1. The molecule has 0 unspecified atom stereocenters. The van der Waals surface area contributed by atoms with Crippen molar-refractivity contribution < 1.29 is 13.5 Å². The highest BCUT2D eigenvalue weighted by molar-refractivity contribution is 7.70. The van der Waals surface area contributed by atoms with Crippen molar-refractivity contribution in [2.45, 2.75) is 44.2 Å². The van der Waals surface area contributed by atoms with E-state index in [2.05, 4.69) is 4.72 Å². The van der Waals surface area contributed by atoms with Gasteiger partial charge in [-0.3, -0.25) is 0 Å². The molecule has 0 aliphatic heterocycles. The minimum absolute atomic E-state index is 0.538. The molecule has 0 aromatic rings. The topological polar surface area (TPSA) is 66.4 Å². The Morgan fingerprint density at radius 2 is 1.58 bits per heavy atom. The van der Waals surface area contributed by atoms with Crippen LogP contribution in [-0.4, -0.2) is 19.2 Å². The quantitative estimate of drug-likeness (QED) is 0.332. The van der Waals surface area contributed by atoms with Crippen LogP contribution in [-0.2, 0) is 10.9 Å². The van der Waals surface area contributed by atoms with Crippen molar-refractivity contribution in [1.29, 1.82) is 0 Å². The molecule has 12 heavy (non-hydrogen) atoms. The maximum absolute atomic E-state index is 10.4. The Bertz CT molecular complexity index is 199. The number of thiol groups is 1. The zero-order valence-corrected chi connectivity index (χ0v) is 7.85. The Hall–Kier alpha value is -0.130. The van der Waals surface area contributed by atoms with E-state index in [1.165, 1.54) is 0 Å². The SMILES string of the molecule is O=[SH](=O)NC1(O)CCCCCC1. The average molecular weight is 193 g/mol. The van der Waals surface area contributed by atoms with Crippen LogP contribution in [0.2, 0.25) is 0 Å². The average Bonchev–Trinajstić information content (AvgIpc) is 2.12. The van der Waals surface area contributed by atoms with Crippen LogP contribution in [0.25, 0.3) is 0 Å². The van der Waals surface area contributed by atoms with Gasteiger partial charge in [0.2, 0.25) is 10.9 Å². The molecule has 0 amide bonds. The normalized spacial score (nSPS) is 23.8. The first kappa shape index (κ1) is 9.95. The highest BCUT2D eigenvalue weighted by Gasteiger charge is 2.27. The molecule has 0 atom stereocenters. The molecule has 5 heteroatoms. The zero-order valence-electron chi connectivity index (χ0n) is 6.95. The maximum atomic E-state index is 10.4. The number of aliphatic hydroxyl groups is 1. The van der Waals surface area contributed by atoms with Crippen molar-refractivity contribution in [3.8, 4) is 0 Å². The lowest BCUT2D eigenvalue weighted by Crippen LogP contribution is -2.43. The molecule has 2 N–H and O–H groups in total. The van der Waals surface area contributed by atoms with E-state index in [-0.39, 0.29) is 0 Å². The molecule has 0 spiro atoms. The van der Waals surface area contributed by atoms with Crippen molar-refractivity contribution in [1.82, 2.24) is 4.72 Å². The van der Waals surface area contributed by atoms with E-state index < -0.39 is 16.6 Å². The number of rotatable bonds is 2. The Labute approximate surface area is 74.1 Å². The van der Waals surface area contributed by atoms with Crippen molar-refractivity contribution in [3.63, 3.8) is 0 Å². The van der Waals surface area contributed by atoms with Crippen LogP contribution < -0.4 is 4.72 Å². The largest absolute Gasteiger partial charge is 0.375 e. The van der Waals surface area contributed by atoms with E-state index in [1.54, 1.807) is 0 Å². The number of hydrogen-bond acceptors (Lipinski definition) is 3. The third-order valence-electron chi connectivity index (χ3n) is 2.23. The first-order chi connectivity index (χ1) is 5.62. The standard InChI is InChI=1S/C7H15NO3S/c9-7(8-12(10)11)5-3-1-2-4-6-7/h9,12H,1-6H2,(H,8,10,11). The van der Waals surface area contributed by atoms with Crippen molar-refractivity contribution >= 4 is 10.9 Å². The van der Waals surface area contributed by atoms with Gasteiger partial charge in [0.15, 0.2) is 0 Å². The second kappa shape index (κ2) is 4.20. The van der Waals surface area contributed by atoms with Crippen LogP contribution in [0.5, 0.6) is 0 Å². The van der Waals surface area contributed by atoms with E-state index in [9.17, 15) is 13.5 Å². The van der Waals surface area contributed by atoms with Gasteiger partial charge < -0.3 is 5.11 Å². The maximum Gasteiger partial charge on any atom is 0.203 e. The van der Waals surface area contributed by atoms with Gasteiger partial charge in [-0.1, -0.05) is 12.8 Å². The van der Waals surface area contributed by atoms with Crippen LogP contribution in [0, 0.1) is 0 Å². The van der Waals surface area contributed by atoms with Gasteiger partial charge in [-0.05, 0) is 25.7 Å². The zero-order chi connectivity index (χ0) is 9.03. The Kier molecular flexibility index (Phi) is 3.49. The number of hydrogen-bond donors (Lipinski definition) is 3. The molecule has 0 aromatic heterocycles. The van der Waals surface area contributed by atoms with E-state index >= 15 is 0 Å². The van der Waals surface area contributed by atoms with E-state index in [4.69, 9.17) is 0 Å². The molecule has 1 rings (SSSR count). The van der Waals surface area contributed by atoms with Crippen molar-refractivity contribution in [3.05, 3.63) is 0 Å². The van der Waals surface area contributed by atoms with Gasteiger partial charge >= 0.3 is 0 Å². The van der Waals surface area contributed by atoms with E-state index in [1.807, 2.05) is 0 Å². The van der Waals surface area contributed by atoms with Crippen LogP contribution >= 0.6 is 0 Å². The fraction of sp³-hybridized carbons (Fsp3) is 1.00. The molecule has 0 aromatic carbocycles. The molecule has 0 radical (unpaired) electrons. The van der Waals surface area contributed by atoms with E-state index in [0.29, 0.717) is 12.8 Å². The highest BCUT2D eigenvalue weighted by atomic mass is 32.2. The van der Waals surface area contributed by atoms with Crippen molar-refractivity contribution in [2.75, 3.05) is 0 Å².